The van der Waals surface area contributed by atoms with Crippen molar-refractivity contribution < 1.29 is 14.6 Å². The number of carbonyl (C=O) groups is 1. The molecule has 7 heteroatoms. The van der Waals surface area contributed by atoms with Crippen molar-refractivity contribution >= 4 is 23.2 Å². The minimum absolute atomic E-state index is 0.00196. The van der Waals surface area contributed by atoms with Crippen molar-refractivity contribution in [2.24, 2.45) is 0 Å². The van der Waals surface area contributed by atoms with Crippen molar-refractivity contribution in [3.05, 3.63) is 22.7 Å². The van der Waals surface area contributed by atoms with E-state index in [1.165, 1.54) is 6.07 Å². The molecule has 6 nitrogen and oxygen atoms in total. The molecule has 0 aromatic heterocycles. The van der Waals surface area contributed by atoms with Gasteiger partial charge < -0.3 is 20.9 Å². The lowest BCUT2D eigenvalue weighted by Gasteiger charge is -2.36. The zero-order valence-corrected chi connectivity index (χ0v) is 16.6. The largest absolute Gasteiger partial charge is 0.477 e. The molecule has 4 N–H and O–H groups in total. The van der Waals surface area contributed by atoms with Crippen molar-refractivity contribution in [3.8, 4) is 17.6 Å². The van der Waals surface area contributed by atoms with Crippen LogP contribution in [-0.4, -0.2) is 53.3 Å². The predicted molar refractivity (Wildman–Crippen MR) is 106 cm³/mol. The molecule has 2 saturated heterocycles. The summed E-state index contributed by atoms with van der Waals surface area (Å²) in [6.07, 6.45) is 1.57. The number of anilines is 1. The molecule has 2 aliphatic rings. The maximum Gasteiger partial charge on any atom is 0.255 e. The number of likely N-dealkylation sites (N-methyl/N-ethyl adjacent to an activating group) is 1. The Morgan fingerprint density at radius 2 is 2.19 bits per heavy atom. The number of ether oxygens (including phenoxy) is 1. The maximum absolute atomic E-state index is 12.9. The summed E-state index contributed by atoms with van der Waals surface area (Å²) >= 11 is 6.14. The minimum Gasteiger partial charge on any atom is -0.477 e. The molecular formula is C20H26ClN3O3. The Labute approximate surface area is 165 Å². The molecule has 0 saturated carbocycles. The van der Waals surface area contributed by atoms with Gasteiger partial charge in [-0.25, -0.2) is 0 Å². The summed E-state index contributed by atoms with van der Waals surface area (Å²) in [5, 5.41) is 13.6. The van der Waals surface area contributed by atoms with Gasteiger partial charge in [-0.3, -0.25) is 9.69 Å². The van der Waals surface area contributed by atoms with Crippen LogP contribution in [0.5, 0.6) is 5.75 Å². The molecule has 0 aliphatic carbocycles. The molecule has 2 fully saturated rings. The number of nitrogen functional groups attached to an aromatic ring is 1. The van der Waals surface area contributed by atoms with Crippen LogP contribution < -0.4 is 15.8 Å². The van der Waals surface area contributed by atoms with Gasteiger partial charge in [-0.1, -0.05) is 17.5 Å². The molecule has 0 radical (unpaired) electrons. The highest BCUT2D eigenvalue weighted by Gasteiger charge is 2.44. The van der Waals surface area contributed by atoms with Crippen LogP contribution >= 0.6 is 11.6 Å². The SMILES string of the molecule is CC#C[C@H](C)Oc1cc(N)c(Cl)cc1C(=O)N[C@H]1CC2C[C@@H](O)C(C1)N2C. The highest BCUT2D eigenvalue weighted by Crippen LogP contribution is 2.35. The van der Waals surface area contributed by atoms with Crippen molar-refractivity contribution in [1.82, 2.24) is 10.2 Å². The van der Waals surface area contributed by atoms with Crippen LogP contribution in [0, 0.1) is 11.8 Å². The van der Waals surface area contributed by atoms with Crippen molar-refractivity contribution in [2.45, 2.75) is 63.4 Å². The van der Waals surface area contributed by atoms with Gasteiger partial charge in [0.2, 0.25) is 0 Å². The van der Waals surface area contributed by atoms with E-state index in [1.807, 2.05) is 7.05 Å². The first-order valence-corrected chi connectivity index (χ1v) is 9.56. The number of aliphatic hydroxyl groups excluding tert-OH is 1. The third-order valence-electron chi connectivity index (χ3n) is 5.47. The summed E-state index contributed by atoms with van der Waals surface area (Å²) < 4.78 is 5.80. The number of rotatable bonds is 4. The Morgan fingerprint density at radius 3 is 2.85 bits per heavy atom. The standard InChI is InChI=1S/C20H26ClN3O3/c1-4-5-11(2)27-19-10-16(22)15(21)9-14(19)20(26)23-12-6-13-8-18(25)17(7-12)24(13)3/h9-13,17-18,25H,6-8,22H2,1-3H3,(H,23,26)/t11-,12-,13?,17?,18+/m0/s1. The number of nitrogens with zero attached hydrogens (tertiary/aromatic N) is 1. The van der Waals surface area contributed by atoms with E-state index in [0.29, 0.717) is 22.0 Å². The first-order chi connectivity index (χ1) is 12.8. The molecule has 5 atom stereocenters. The van der Waals surface area contributed by atoms with E-state index in [0.717, 1.165) is 19.3 Å². The number of hydrogen-bond acceptors (Lipinski definition) is 5. The van der Waals surface area contributed by atoms with Gasteiger partial charge in [0.1, 0.15) is 5.75 Å². The first-order valence-electron chi connectivity index (χ1n) is 9.19. The van der Waals surface area contributed by atoms with Gasteiger partial charge in [0.15, 0.2) is 6.10 Å². The fourth-order valence-electron chi connectivity index (χ4n) is 4.09. The summed E-state index contributed by atoms with van der Waals surface area (Å²) in [6, 6.07) is 3.46. The van der Waals surface area contributed by atoms with Crippen LogP contribution in [0.2, 0.25) is 5.02 Å². The van der Waals surface area contributed by atoms with E-state index in [9.17, 15) is 9.90 Å². The number of aliphatic hydroxyl groups is 1. The van der Waals surface area contributed by atoms with Crippen molar-refractivity contribution in [1.29, 1.82) is 0 Å². The molecule has 2 bridgehead atoms. The molecule has 2 aliphatic heterocycles. The maximum atomic E-state index is 12.9. The van der Waals surface area contributed by atoms with E-state index in [4.69, 9.17) is 22.1 Å². The average Bonchev–Trinajstić information content (AvgIpc) is 2.76. The molecule has 3 rings (SSSR count). The second kappa shape index (κ2) is 7.97. The highest BCUT2D eigenvalue weighted by atomic mass is 35.5. The van der Waals surface area contributed by atoms with E-state index >= 15 is 0 Å². The zero-order valence-electron chi connectivity index (χ0n) is 15.8. The minimum atomic E-state index is -0.378. The van der Waals surface area contributed by atoms with Gasteiger partial charge in [-0.05, 0) is 46.2 Å². The summed E-state index contributed by atoms with van der Waals surface area (Å²) in [7, 11) is 2.03. The van der Waals surface area contributed by atoms with Crippen molar-refractivity contribution in [3.63, 3.8) is 0 Å². The molecule has 1 aromatic carbocycles. The lowest BCUT2D eigenvalue weighted by molar-refractivity contribution is 0.0770. The lowest BCUT2D eigenvalue weighted by atomic mass is 9.97. The quantitative estimate of drug-likeness (QED) is 0.540. The number of benzene rings is 1. The summed E-state index contributed by atoms with van der Waals surface area (Å²) in [4.78, 5) is 15.1. The van der Waals surface area contributed by atoms with Gasteiger partial charge >= 0.3 is 0 Å². The van der Waals surface area contributed by atoms with Gasteiger partial charge in [-0.15, -0.1) is 5.92 Å². The van der Waals surface area contributed by atoms with Gasteiger partial charge in [0.25, 0.3) is 5.91 Å². The molecule has 146 valence electrons. The number of piperidine rings is 1. The Bertz CT molecular complexity index is 789. The summed E-state index contributed by atoms with van der Waals surface area (Å²) in [5.74, 6) is 5.79. The summed E-state index contributed by atoms with van der Waals surface area (Å²) in [5.41, 5.74) is 6.57. The molecular weight excluding hydrogens is 366 g/mol. The Kier molecular flexibility index (Phi) is 5.85. The molecule has 2 unspecified atom stereocenters. The monoisotopic (exact) mass is 391 g/mol. The van der Waals surface area contributed by atoms with Crippen LogP contribution in [0.25, 0.3) is 0 Å². The zero-order chi connectivity index (χ0) is 19.7. The van der Waals surface area contributed by atoms with Crippen LogP contribution in [0.4, 0.5) is 5.69 Å². The van der Waals surface area contributed by atoms with Gasteiger partial charge in [-0.2, -0.15) is 0 Å². The van der Waals surface area contributed by atoms with Crippen LogP contribution in [0.15, 0.2) is 12.1 Å². The average molecular weight is 392 g/mol. The fourth-order valence-corrected chi connectivity index (χ4v) is 4.26. The number of halogens is 1. The van der Waals surface area contributed by atoms with Gasteiger partial charge in [0.05, 0.1) is 22.4 Å². The van der Waals surface area contributed by atoms with E-state index in [-0.39, 0.29) is 36.2 Å². The number of amides is 1. The Balaban J connectivity index is 1.78. The van der Waals surface area contributed by atoms with E-state index in [2.05, 4.69) is 22.1 Å². The topological polar surface area (TPSA) is 87.8 Å². The second-order valence-corrected chi connectivity index (χ2v) is 7.76. The smallest absolute Gasteiger partial charge is 0.255 e. The Morgan fingerprint density at radius 1 is 1.44 bits per heavy atom. The van der Waals surface area contributed by atoms with Crippen LogP contribution in [0.1, 0.15) is 43.5 Å². The van der Waals surface area contributed by atoms with Crippen molar-refractivity contribution in [2.75, 3.05) is 12.8 Å². The Hall–Kier alpha value is -1.94. The molecule has 27 heavy (non-hydrogen) atoms. The normalized spacial score (nSPS) is 28.2. The number of fused-ring (bicyclic) bond motifs is 2. The number of hydrogen-bond donors (Lipinski definition) is 3. The molecule has 2 heterocycles. The van der Waals surface area contributed by atoms with E-state index < -0.39 is 0 Å². The van der Waals surface area contributed by atoms with E-state index in [1.54, 1.807) is 19.9 Å². The molecule has 1 aromatic rings. The van der Waals surface area contributed by atoms with Gasteiger partial charge in [0, 0.05) is 24.2 Å². The third-order valence-corrected chi connectivity index (χ3v) is 5.80. The van der Waals surface area contributed by atoms with Crippen LogP contribution in [-0.2, 0) is 0 Å². The predicted octanol–water partition coefficient (Wildman–Crippen LogP) is 2.04. The first kappa shape index (κ1) is 19.8. The number of nitrogens with one attached hydrogen (secondary N) is 1. The number of nitrogens with two attached hydrogens (primary N) is 1. The second-order valence-electron chi connectivity index (χ2n) is 7.36. The highest BCUT2D eigenvalue weighted by molar-refractivity contribution is 6.33. The number of carbonyl (C=O) groups excluding carboxylic acids is 1. The summed E-state index contributed by atoms with van der Waals surface area (Å²) in [6.45, 7) is 3.53. The molecule has 1 amide bonds. The third kappa shape index (κ3) is 4.16. The lowest BCUT2D eigenvalue weighted by Crippen LogP contribution is -2.50. The molecule has 0 spiro atoms. The van der Waals surface area contributed by atoms with Crippen LogP contribution in [0.3, 0.4) is 0 Å². The fraction of sp³-hybridized carbons (Fsp3) is 0.550.